The van der Waals surface area contributed by atoms with Crippen LogP contribution in [0.5, 0.6) is 0 Å². The van der Waals surface area contributed by atoms with Crippen LogP contribution in [0.2, 0.25) is 0 Å². The lowest BCUT2D eigenvalue weighted by Gasteiger charge is -2.19. The van der Waals surface area contributed by atoms with E-state index in [0.29, 0.717) is 11.7 Å². The van der Waals surface area contributed by atoms with Crippen molar-refractivity contribution in [1.29, 1.82) is 0 Å². The zero-order valence-corrected chi connectivity index (χ0v) is 18.3. The van der Waals surface area contributed by atoms with E-state index in [1.807, 2.05) is 25.1 Å². The maximum absolute atomic E-state index is 10.5. The van der Waals surface area contributed by atoms with Crippen LogP contribution >= 0.6 is 24.0 Å². The van der Waals surface area contributed by atoms with Crippen LogP contribution in [0, 0.1) is 0 Å². The van der Waals surface area contributed by atoms with E-state index in [9.17, 15) is 5.11 Å². The van der Waals surface area contributed by atoms with Gasteiger partial charge in [0.2, 0.25) is 0 Å². The van der Waals surface area contributed by atoms with Crippen molar-refractivity contribution < 1.29 is 9.52 Å². The number of nitrogens with one attached hydrogen (secondary N) is 3. The molecule has 150 valence electrons. The van der Waals surface area contributed by atoms with Crippen molar-refractivity contribution in [2.45, 2.75) is 32.3 Å². The molecule has 0 aliphatic rings. The molecule has 7 nitrogen and oxygen atoms in total. The molecule has 0 radical (unpaired) electrons. The summed E-state index contributed by atoms with van der Waals surface area (Å²) in [6.07, 6.45) is 5.35. The molecule has 0 amide bonds. The van der Waals surface area contributed by atoms with Gasteiger partial charge >= 0.3 is 0 Å². The summed E-state index contributed by atoms with van der Waals surface area (Å²) in [6, 6.07) is 9.34. The molecular weight excluding hydrogens is 457 g/mol. The zero-order valence-electron chi connectivity index (χ0n) is 15.9. The quantitative estimate of drug-likeness (QED) is 0.178. The van der Waals surface area contributed by atoms with Crippen LogP contribution in [-0.2, 0) is 5.60 Å². The number of furan rings is 1. The number of halogens is 1. The fourth-order valence-electron chi connectivity index (χ4n) is 2.38. The Bertz CT molecular complexity index is 647. The first-order valence-electron chi connectivity index (χ1n) is 9.05. The summed E-state index contributed by atoms with van der Waals surface area (Å²) in [5.74, 6) is 2.10. The molecule has 27 heavy (non-hydrogen) atoms. The lowest BCUT2D eigenvalue weighted by molar-refractivity contribution is 0.0437. The first kappa shape index (κ1) is 23.2. The van der Waals surface area contributed by atoms with Crippen LogP contribution in [0.1, 0.15) is 32.4 Å². The minimum absolute atomic E-state index is 0. The number of nitrogens with zero attached hydrogens (tertiary/aromatic N) is 2. The molecule has 0 aliphatic carbocycles. The van der Waals surface area contributed by atoms with E-state index in [1.165, 1.54) is 0 Å². The van der Waals surface area contributed by atoms with Gasteiger partial charge in [0.1, 0.15) is 17.2 Å². The molecule has 0 bridgehead atoms. The molecule has 2 heterocycles. The standard InChI is InChI=1S/C19H29N5O2.HI/c1-3-20-18(24-15-19(2,25)16-9-8-14-26-16)23-13-7-6-12-22-17-10-4-5-11-21-17;/h4-5,8-11,14,25H,3,6-7,12-13,15H2,1-2H3,(H,21,22)(H2,20,23,24);1H. The van der Waals surface area contributed by atoms with Gasteiger partial charge in [0, 0.05) is 25.8 Å². The van der Waals surface area contributed by atoms with Gasteiger partial charge < -0.3 is 25.5 Å². The van der Waals surface area contributed by atoms with E-state index in [4.69, 9.17) is 4.42 Å². The SMILES string of the molecule is CCNC(=NCC(C)(O)c1ccco1)NCCCCNc1ccccn1.I. The van der Waals surface area contributed by atoms with Crippen molar-refractivity contribution in [3.8, 4) is 0 Å². The maximum Gasteiger partial charge on any atom is 0.191 e. The maximum atomic E-state index is 10.5. The first-order valence-corrected chi connectivity index (χ1v) is 9.05. The number of aliphatic imine (C=N–C) groups is 1. The molecule has 0 aromatic carbocycles. The highest BCUT2D eigenvalue weighted by molar-refractivity contribution is 14.0. The van der Waals surface area contributed by atoms with E-state index in [0.717, 1.165) is 38.3 Å². The van der Waals surface area contributed by atoms with E-state index < -0.39 is 5.60 Å². The largest absolute Gasteiger partial charge is 0.466 e. The fourth-order valence-corrected chi connectivity index (χ4v) is 2.38. The van der Waals surface area contributed by atoms with Gasteiger partial charge in [-0.25, -0.2) is 9.98 Å². The molecule has 0 fully saturated rings. The second-order valence-corrected chi connectivity index (χ2v) is 6.22. The third kappa shape index (κ3) is 8.61. The summed E-state index contributed by atoms with van der Waals surface area (Å²) in [4.78, 5) is 8.70. The molecule has 1 atom stereocenters. The van der Waals surface area contributed by atoms with Crippen LogP contribution in [0.3, 0.4) is 0 Å². The predicted octanol–water partition coefficient (Wildman–Crippen LogP) is 2.95. The highest BCUT2D eigenvalue weighted by Gasteiger charge is 2.25. The summed E-state index contributed by atoms with van der Waals surface area (Å²) in [7, 11) is 0. The summed E-state index contributed by atoms with van der Waals surface area (Å²) in [6.45, 7) is 6.37. The Morgan fingerprint density at radius 1 is 1.19 bits per heavy atom. The topological polar surface area (TPSA) is 94.7 Å². The van der Waals surface area contributed by atoms with Crippen LogP contribution in [0.15, 0.2) is 52.2 Å². The minimum atomic E-state index is -1.13. The Labute approximate surface area is 178 Å². The number of unbranched alkanes of at least 4 members (excludes halogenated alkanes) is 1. The highest BCUT2D eigenvalue weighted by Crippen LogP contribution is 2.20. The number of pyridine rings is 1. The van der Waals surface area contributed by atoms with Gasteiger partial charge in [0.05, 0.1) is 12.8 Å². The smallest absolute Gasteiger partial charge is 0.191 e. The molecular formula is C19H30IN5O2. The number of rotatable bonds is 10. The summed E-state index contributed by atoms with van der Waals surface area (Å²) in [5, 5.41) is 20.2. The molecule has 1 unspecified atom stereocenters. The van der Waals surface area contributed by atoms with Crippen molar-refractivity contribution in [2.24, 2.45) is 4.99 Å². The lowest BCUT2D eigenvalue weighted by atomic mass is 10.0. The minimum Gasteiger partial charge on any atom is -0.466 e. The van der Waals surface area contributed by atoms with Gasteiger partial charge in [0.15, 0.2) is 5.96 Å². The predicted molar refractivity (Wildman–Crippen MR) is 120 cm³/mol. The van der Waals surface area contributed by atoms with Crippen LogP contribution in [0.25, 0.3) is 0 Å². The van der Waals surface area contributed by atoms with Crippen molar-refractivity contribution >= 4 is 35.8 Å². The third-order valence-corrected chi connectivity index (χ3v) is 3.81. The molecule has 0 spiro atoms. The second kappa shape index (κ2) is 12.6. The average Bonchev–Trinajstić information content (AvgIpc) is 3.19. The van der Waals surface area contributed by atoms with Crippen molar-refractivity contribution in [3.05, 3.63) is 48.6 Å². The average molecular weight is 487 g/mol. The number of aromatic nitrogens is 1. The van der Waals surface area contributed by atoms with Crippen LogP contribution in [-0.4, -0.2) is 42.2 Å². The van der Waals surface area contributed by atoms with Gasteiger partial charge in [-0.05, 0) is 51.0 Å². The van der Waals surface area contributed by atoms with Crippen molar-refractivity contribution in [3.63, 3.8) is 0 Å². The third-order valence-electron chi connectivity index (χ3n) is 3.81. The summed E-state index contributed by atoms with van der Waals surface area (Å²) >= 11 is 0. The molecule has 0 saturated heterocycles. The number of guanidine groups is 1. The van der Waals surface area contributed by atoms with Gasteiger partial charge in [-0.15, -0.1) is 24.0 Å². The van der Waals surface area contributed by atoms with Gasteiger partial charge in [-0.1, -0.05) is 6.07 Å². The molecule has 0 aliphatic heterocycles. The van der Waals surface area contributed by atoms with Gasteiger partial charge in [-0.3, -0.25) is 0 Å². The molecule has 0 saturated carbocycles. The Hall–Kier alpha value is -1.81. The van der Waals surface area contributed by atoms with E-state index in [1.54, 1.807) is 31.5 Å². The molecule has 2 aromatic heterocycles. The number of anilines is 1. The van der Waals surface area contributed by atoms with E-state index in [2.05, 4.69) is 25.9 Å². The molecule has 4 N–H and O–H groups in total. The second-order valence-electron chi connectivity index (χ2n) is 6.22. The first-order chi connectivity index (χ1) is 12.6. The van der Waals surface area contributed by atoms with Gasteiger partial charge in [0.25, 0.3) is 0 Å². The number of aliphatic hydroxyl groups is 1. The van der Waals surface area contributed by atoms with Crippen LogP contribution < -0.4 is 16.0 Å². The zero-order chi connectivity index (χ0) is 18.7. The van der Waals surface area contributed by atoms with Crippen molar-refractivity contribution in [2.75, 3.05) is 31.5 Å². The van der Waals surface area contributed by atoms with Gasteiger partial charge in [-0.2, -0.15) is 0 Å². The van der Waals surface area contributed by atoms with E-state index >= 15 is 0 Å². The molecule has 2 rings (SSSR count). The monoisotopic (exact) mass is 487 g/mol. The highest BCUT2D eigenvalue weighted by atomic mass is 127. The van der Waals surface area contributed by atoms with Crippen LogP contribution in [0.4, 0.5) is 5.82 Å². The number of hydrogen-bond donors (Lipinski definition) is 4. The van der Waals surface area contributed by atoms with Crippen molar-refractivity contribution in [1.82, 2.24) is 15.6 Å². The lowest BCUT2D eigenvalue weighted by Crippen LogP contribution is -2.39. The Morgan fingerprint density at radius 2 is 2.00 bits per heavy atom. The Balaban J connectivity index is 0.00000364. The fraction of sp³-hybridized carbons (Fsp3) is 0.474. The summed E-state index contributed by atoms with van der Waals surface area (Å²) < 4.78 is 5.28. The number of hydrogen-bond acceptors (Lipinski definition) is 5. The summed E-state index contributed by atoms with van der Waals surface area (Å²) in [5.41, 5.74) is -1.13. The molecule has 2 aromatic rings. The normalized spacial score (nSPS) is 13.4. The molecule has 8 heteroatoms. The van der Waals surface area contributed by atoms with E-state index in [-0.39, 0.29) is 30.5 Å². The Kier molecular flexibility index (Phi) is 10.8. The Morgan fingerprint density at radius 3 is 2.67 bits per heavy atom.